The standard InChI is InChI=1S/C45H45ClN2O6/c46-38-23-21-37(22-24-38)39(27-41-47-25-26-48-41)53-45-44(52-31-36-19-11-4-12-20-36)43(51-30-35-17-9-3-10-18-35)42(50-29-34-15-7-2-8-16-34)40(54-45)32-49-28-33-13-5-1-6-14-33/h1-24,27,40,42-45H,25-26,28-32H2,(H,47,48)/b39-27-/t40-,42-,43+,44-,45+/m1/s1. The first-order valence-corrected chi connectivity index (χ1v) is 18.7. The van der Waals surface area contributed by atoms with Crippen LogP contribution in [0.2, 0.25) is 5.02 Å². The summed E-state index contributed by atoms with van der Waals surface area (Å²) in [5, 5.41) is 3.95. The van der Waals surface area contributed by atoms with Crippen molar-refractivity contribution < 1.29 is 28.4 Å². The highest BCUT2D eigenvalue weighted by molar-refractivity contribution is 6.30. The molecule has 7 rings (SSSR count). The van der Waals surface area contributed by atoms with Crippen molar-refractivity contribution in [1.82, 2.24) is 5.32 Å². The van der Waals surface area contributed by atoms with E-state index in [1.165, 1.54) is 0 Å². The second-order valence-electron chi connectivity index (χ2n) is 13.2. The van der Waals surface area contributed by atoms with E-state index in [1.807, 2.05) is 152 Å². The van der Waals surface area contributed by atoms with E-state index in [1.54, 1.807) is 0 Å². The minimum Gasteiger partial charge on any atom is -0.461 e. The van der Waals surface area contributed by atoms with Crippen LogP contribution in [0.15, 0.2) is 157 Å². The molecule has 1 saturated heterocycles. The fourth-order valence-corrected chi connectivity index (χ4v) is 6.53. The molecule has 0 saturated carbocycles. The van der Waals surface area contributed by atoms with Crippen LogP contribution in [0.5, 0.6) is 0 Å². The van der Waals surface area contributed by atoms with Crippen LogP contribution >= 0.6 is 11.6 Å². The number of rotatable bonds is 17. The third-order valence-electron chi connectivity index (χ3n) is 9.18. The maximum Gasteiger partial charge on any atom is 0.229 e. The molecule has 5 aromatic rings. The smallest absolute Gasteiger partial charge is 0.229 e. The van der Waals surface area contributed by atoms with Crippen molar-refractivity contribution in [2.75, 3.05) is 19.7 Å². The summed E-state index contributed by atoms with van der Waals surface area (Å²) in [5.41, 5.74) is 4.92. The van der Waals surface area contributed by atoms with Crippen molar-refractivity contribution >= 4 is 23.2 Å². The Hall–Kier alpha value is -4.80. The summed E-state index contributed by atoms with van der Waals surface area (Å²) in [6.07, 6.45) is -1.57. The van der Waals surface area contributed by atoms with Crippen LogP contribution in [0.3, 0.4) is 0 Å². The lowest BCUT2D eigenvalue weighted by Gasteiger charge is -2.46. The van der Waals surface area contributed by atoms with Gasteiger partial charge in [0.15, 0.2) is 0 Å². The van der Waals surface area contributed by atoms with E-state index in [0.29, 0.717) is 43.8 Å². The molecule has 2 aliphatic heterocycles. The number of ether oxygens (including phenoxy) is 6. The molecule has 5 aromatic carbocycles. The van der Waals surface area contributed by atoms with E-state index in [0.717, 1.165) is 40.2 Å². The Morgan fingerprint density at radius 2 is 1.13 bits per heavy atom. The van der Waals surface area contributed by atoms with Gasteiger partial charge in [-0.05, 0) is 46.5 Å². The zero-order chi connectivity index (χ0) is 36.8. The molecule has 1 N–H and O–H groups in total. The predicted molar refractivity (Wildman–Crippen MR) is 211 cm³/mol. The molecular formula is C45H45ClN2O6. The van der Waals surface area contributed by atoms with Gasteiger partial charge < -0.3 is 33.7 Å². The lowest BCUT2D eigenvalue weighted by Crippen LogP contribution is -2.61. The first-order valence-electron chi connectivity index (χ1n) is 18.3. The summed E-state index contributed by atoms with van der Waals surface area (Å²) in [4.78, 5) is 4.62. The molecule has 0 aliphatic carbocycles. The molecule has 0 spiro atoms. The van der Waals surface area contributed by atoms with Gasteiger partial charge >= 0.3 is 0 Å². The van der Waals surface area contributed by atoms with Crippen molar-refractivity contribution in [3.05, 3.63) is 185 Å². The van der Waals surface area contributed by atoms with Gasteiger partial charge in [0.25, 0.3) is 0 Å². The number of hydrogen-bond acceptors (Lipinski definition) is 8. The molecule has 5 atom stereocenters. The highest BCUT2D eigenvalue weighted by Gasteiger charge is 2.50. The number of hydrogen-bond donors (Lipinski definition) is 1. The van der Waals surface area contributed by atoms with E-state index in [9.17, 15) is 0 Å². The third-order valence-corrected chi connectivity index (χ3v) is 9.43. The average Bonchev–Trinajstić information content (AvgIpc) is 3.74. The molecule has 0 unspecified atom stereocenters. The van der Waals surface area contributed by atoms with E-state index in [2.05, 4.69) is 10.3 Å². The number of halogens is 1. The fourth-order valence-electron chi connectivity index (χ4n) is 6.40. The van der Waals surface area contributed by atoms with E-state index in [4.69, 9.17) is 40.0 Å². The zero-order valence-corrected chi connectivity index (χ0v) is 30.8. The Kier molecular flexibility index (Phi) is 13.5. The van der Waals surface area contributed by atoms with Gasteiger partial charge in [-0.2, -0.15) is 0 Å². The van der Waals surface area contributed by atoms with Gasteiger partial charge in [0.2, 0.25) is 6.29 Å². The van der Waals surface area contributed by atoms with Gasteiger partial charge in [0, 0.05) is 23.2 Å². The highest BCUT2D eigenvalue weighted by Crippen LogP contribution is 2.34. The number of aliphatic imine (C=N–C) groups is 1. The maximum absolute atomic E-state index is 6.94. The third kappa shape index (κ3) is 10.7. The largest absolute Gasteiger partial charge is 0.461 e. The lowest BCUT2D eigenvalue weighted by molar-refractivity contribution is -0.315. The molecule has 2 heterocycles. The van der Waals surface area contributed by atoms with Crippen LogP contribution < -0.4 is 5.32 Å². The minimum absolute atomic E-state index is 0.221. The van der Waals surface area contributed by atoms with E-state index < -0.39 is 30.7 Å². The molecule has 54 heavy (non-hydrogen) atoms. The zero-order valence-electron chi connectivity index (χ0n) is 30.0. The van der Waals surface area contributed by atoms with Crippen molar-refractivity contribution in [2.45, 2.75) is 57.1 Å². The Balaban J connectivity index is 1.25. The van der Waals surface area contributed by atoms with Crippen LogP contribution in [0.4, 0.5) is 0 Å². The summed E-state index contributed by atoms with van der Waals surface area (Å²) in [5.74, 6) is 1.27. The quantitative estimate of drug-likeness (QED) is 0.0959. The second kappa shape index (κ2) is 19.5. The van der Waals surface area contributed by atoms with Crippen LogP contribution in [0.1, 0.15) is 27.8 Å². The Labute approximate surface area is 322 Å². The Morgan fingerprint density at radius 1 is 0.630 bits per heavy atom. The number of amidine groups is 1. The molecular weight excluding hydrogens is 700 g/mol. The Bertz CT molecular complexity index is 1910. The van der Waals surface area contributed by atoms with Gasteiger partial charge in [0.05, 0.1) is 39.6 Å². The molecule has 1 fully saturated rings. The number of benzene rings is 5. The van der Waals surface area contributed by atoms with Crippen LogP contribution in [0.25, 0.3) is 5.76 Å². The molecule has 0 radical (unpaired) electrons. The monoisotopic (exact) mass is 744 g/mol. The van der Waals surface area contributed by atoms with Crippen LogP contribution in [0, 0.1) is 0 Å². The summed E-state index contributed by atoms with van der Waals surface area (Å²) < 4.78 is 40.8. The molecule has 0 aromatic heterocycles. The first-order chi connectivity index (χ1) is 26.7. The predicted octanol–water partition coefficient (Wildman–Crippen LogP) is 8.40. The van der Waals surface area contributed by atoms with E-state index in [-0.39, 0.29) is 6.61 Å². The van der Waals surface area contributed by atoms with Crippen molar-refractivity contribution in [1.29, 1.82) is 0 Å². The minimum atomic E-state index is -0.930. The van der Waals surface area contributed by atoms with Gasteiger partial charge in [-0.15, -0.1) is 0 Å². The molecule has 278 valence electrons. The maximum atomic E-state index is 6.94. The van der Waals surface area contributed by atoms with Crippen molar-refractivity contribution in [3.63, 3.8) is 0 Å². The molecule has 0 bridgehead atoms. The van der Waals surface area contributed by atoms with E-state index >= 15 is 0 Å². The summed E-state index contributed by atoms with van der Waals surface area (Å²) in [6.45, 7) is 3.02. The van der Waals surface area contributed by atoms with Crippen molar-refractivity contribution in [2.24, 2.45) is 4.99 Å². The normalized spacial score (nSPS) is 21.3. The molecule has 9 heteroatoms. The second-order valence-corrected chi connectivity index (χ2v) is 13.6. The molecule has 8 nitrogen and oxygen atoms in total. The first kappa shape index (κ1) is 37.5. The van der Waals surface area contributed by atoms with Gasteiger partial charge in [-0.1, -0.05) is 133 Å². The van der Waals surface area contributed by atoms with Gasteiger partial charge in [0.1, 0.15) is 36.0 Å². The number of nitrogens with one attached hydrogen (secondary N) is 1. The average molecular weight is 745 g/mol. The molecule has 2 aliphatic rings. The van der Waals surface area contributed by atoms with Crippen molar-refractivity contribution in [3.8, 4) is 0 Å². The highest BCUT2D eigenvalue weighted by atomic mass is 35.5. The van der Waals surface area contributed by atoms with Crippen LogP contribution in [-0.4, -0.2) is 56.2 Å². The number of nitrogens with zero attached hydrogens (tertiary/aromatic N) is 1. The van der Waals surface area contributed by atoms with Crippen LogP contribution in [-0.2, 0) is 54.8 Å². The molecule has 0 amide bonds. The van der Waals surface area contributed by atoms with Gasteiger partial charge in [-0.3, -0.25) is 4.99 Å². The summed E-state index contributed by atoms with van der Waals surface area (Å²) in [7, 11) is 0. The summed E-state index contributed by atoms with van der Waals surface area (Å²) in [6, 6.07) is 47.8. The SMILES string of the molecule is Clc1ccc(/C(=C/C2=NCCN2)O[C@H]2O[C@H](COCc3ccccc3)[C@@H](OCc3ccccc3)[C@H](OCc3ccccc3)[C@H]2OCc2ccccc2)cc1. The summed E-state index contributed by atoms with van der Waals surface area (Å²) >= 11 is 6.32. The fraction of sp³-hybridized carbons (Fsp3) is 0.267. The topological polar surface area (TPSA) is 79.8 Å². The Morgan fingerprint density at radius 3 is 1.65 bits per heavy atom. The van der Waals surface area contributed by atoms with Gasteiger partial charge in [-0.25, -0.2) is 0 Å². The lowest BCUT2D eigenvalue weighted by atomic mass is 9.97.